The Hall–Kier alpha value is -1.40. The van der Waals surface area contributed by atoms with E-state index in [2.05, 4.69) is 59.8 Å². The lowest BCUT2D eigenvalue weighted by molar-refractivity contribution is 0.648. The Morgan fingerprint density at radius 1 is 1.57 bits per heavy atom. The van der Waals surface area contributed by atoms with Gasteiger partial charge in [-0.2, -0.15) is 5.10 Å². The molecule has 2 aromatic heterocycles. The summed E-state index contributed by atoms with van der Waals surface area (Å²) in [6.07, 6.45) is 3.31. The Labute approximate surface area is 136 Å². The van der Waals surface area contributed by atoms with Gasteiger partial charge in [0, 0.05) is 15.8 Å². The molecule has 0 aliphatic carbocycles. The Bertz CT molecular complexity index is 720. The summed E-state index contributed by atoms with van der Waals surface area (Å²) in [4.78, 5) is 14.7. The van der Waals surface area contributed by atoms with Crippen LogP contribution in [0.2, 0.25) is 0 Å². The largest absolute Gasteiger partial charge is 0.376 e. The third-order valence-electron chi connectivity index (χ3n) is 3.20. The summed E-state index contributed by atoms with van der Waals surface area (Å²) >= 11 is 5.14. The number of hydrogen-bond donors (Lipinski definition) is 1. The topological polar surface area (TPSA) is 46.9 Å². The van der Waals surface area contributed by atoms with E-state index in [1.807, 2.05) is 0 Å². The molecule has 1 unspecified atom stereocenters. The minimum atomic E-state index is -0.162. The number of hydrogen-bond acceptors (Lipinski definition) is 4. The molecule has 2 heterocycles. The number of allylic oxidation sites excluding steroid dienone is 1. The Morgan fingerprint density at radius 3 is 2.86 bits per heavy atom. The lowest BCUT2D eigenvalue weighted by Gasteiger charge is -2.16. The first-order chi connectivity index (χ1) is 9.93. The summed E-state index contributed by atoms with van der Waals surface area (Å²) in [6.45, 7) is 10.3. The fourth-order valence-corrected chi connectivity index (χ4v) is 3.65. The van der Waals surface area contributed by atoms with Gasteiger partial charge in [0.2, 0.25) is 0 Å². The van der Waals surface area contributed by atoms with E-state index in [0.717, 1.165) is 0 Å². The molecule has 0 saturated heterocycles. The summed E-state index contributed by atoms with van der Waals surface area (Å²) in [5, 5.41) is 7.50. The van der Waals surface area contributed by atoms with Gasteiger partial charge in [0.15, 0.2) is 0 Å². The molecule has 112 valence electrons. The van der Waals surface area contributed by atoms with Gasteiger partial charge in [-0.3, -0.25) is 4.79 Å². The second kappa shape index (κ2) is 6.58. The highest BCUT2D eigenvalue weighted by atomic mass is 79.9. The second-order valence-electron chi connectivity index (χ2n) is 4.88. The molecule has 1 atom stereocenters. The molecular weight excluding hydrogens is 350 g/mol. The summed E-state index contributed by atoms with van der Waals surface area (Å²) < 4.78 is 1.86. The van der Waals surface area contributed by atoms with Gasteiger partial charge in [0.1, 0.15) is 4.47 Å². The van der Waals surface area contributed by atoms with Gasteiger partial charge in [-0.1, -0.05) is 6.08 Å². The molecule has 1 N–H and O–H groups in total. The van der Waals surface area contributed by atoms with Gasteiger partial charge < -0.3 is 5.32 Å². The van der Waals surface area contributed by atoms with E-state index in [0.29, 0.717) is 16.7 Å². The molecule has 0 amide bonds. The smallest absolute Gasteiger partial charge is 0.283 e. The van der Waals surface area contributed by atoms with E-state index in [9.17, 15) is 4.79 Å². The molecule has 6 heteroatoms. The Balaban J connectivity index is 2.28. The van der Waals surface area contributed by atoms with E-state index in [4.69, 9.17) is 0 Å². The van der Waals surface area contributed by atoms with Gasteiger partial charge in [-0.25, -0.2) is 4.68 Å². The predicted octanol–water partition coefficient (Wildman–Crippen LogP) is 4.04. The Kier molecular flexibility index (Phi) is 5.00. The van der Waals surface area contributed by atoms with E-state index in [1.54, 1.807) is 23.6 Å². The zero-order chi connectivity index (χ0) is 15.6. The van der Waals surface area contributed by atoms with Crippen LogP contribution in [0.15, 0.2) is 34.2 Å². The minimum absolute atomic E-state index is 0.114. The zero-order valence-corrected chi connectivity index (χ0v) is 14.7. The number of anilines is 1. The molecule has 2 aromatic rings. The molecule has 0 saturated carbocycles. The van der Waals surface area contributed by atoms with Crippen LogP contribution >= 0.6 is 27.3 Å². The van der Waals surface area contributed by atoms with Crippen molar-refractivity contribution in [3.8, 4) is 0 Å². The molecule has 0 bridgehead atoms. The molecule has 0 aromatic carbocycles. The van der Waals surface area contributed by atoms with Crippen molar-refractivity contribution in [1.82, 2.24) is 9.78 Å². The first-order valence-corrected chi connectivity index (χ1v) is 8.25. The molecule has 0 aliphatic heterocycles. The monoisotopic (exact) mass is 367 g/mol. The third kappa shape index (κ3) is 3.44. The van der Waals surface area contributed by atoms with Crippen LogP contribution in [-0.4, -0.2) is 9.78 Å². The summed E-state index contributed by atoms with van der Waals surface area (Å²) in [5.41, 5.74) is 1.79. The minimum Gasteiger partial charge on any atom is -0.376 e. The highest BCUT2D eigenvalue weighted by Crippen LogP contribution is 2.29. The molecule has 0 spiro atoms. The third-order valence-corrected chi connectivity index (χ3v) is 4.95. The fourth-order valence-electron chi connectivity index (χ4n) is 2.21. The number of thiophene rings is 1. The van der Waals surface area contributed by atoms with Crippen molar-refractivity contribution >= 4 is 33.0 Å². The van der Waals surface area contributed by atoms with Crippen molar-refractivity contribution in [3.63, 3.8) is 0 Å². The molecule has 4 nitrogen and oxygen atoms in total. The maximum absolute atomic E-state index is 12.1. The van der Waals surface area contributed by atoms with Gasteiger partial charge >= 0.3 is 0 Å². The first-order valence-electron chi connectivity index (χ1n) is 6.64. The van der Waals surface area contributed by atoms with E-state index in [1.165, 1.54) is 20.0 Å². The molecule has 0 fully saturated rings. The van der Waals surface area contributed by atoms with Crippen molar-refractivity contribution in [1.29, 1.82) is 0 Å². The Morgan fingerprint density at radius 2 is 2.29 bits per heavy atom. The molecule has 21 heavy (non-hydrogen) atoms. The van der Waals surface area contributed by atoms with Crippen LogP contribution < -0.4 is 10.9 Å². The molecule has 0 radical (unpaired) electrons. The average molecular weight is 368 g/mol. The van der Waals surface area contributed by atoms with Crippen LogP contribution in [0.1, 0.15) is 28.3 Å². The maximum atomic E-state index is 12.1. The number of rotatable bonds is 5. The molecule has 2 rings (SSSR count). The van der Waals surface area contributed by atoms with E-state index in [-0.39, 0.29) is 11.6 Å². The van der Waals surface area contributed by atoms with Crippen LogP contribution in [0, 0.1) is 13.8 Å². The van der Waals surface area contributed by atoms with Crippen LogP contribution in [0.4, 0.5) is 5.69 Å². The lowest BCUT2D eigenvalue weighted by atomic mass is 10.1. The number of nitrogens with one attached hydrogen (secondary N) is 1. The highest BCUT2D eigenvalue weighted by Gasteiger charge is 2.14. The SMILES string of the molecule is C=CCn1ncc(NC(C)c2cc(C)sc2C)c(Br)c1=O. The number of aryl methyl sites for hydroxylation is 2. The van der Waals surface area contributed by atoms with Crippen molar-refractivity contribution in [2.45, 2.75) is 33.4 Å². The summed E-state index contributed by atoms with van der Waals surface area (Å²) in [7, 11) is 0. The number of nitrogens with zero attached hydrogens (tertiary/aromatic N) is 2. The number of aromatic nitrogens is 2. The fraction of sp³-hybridized carbons (Fsp3) is 0.333. The van der Waals surface area contributed by atoms with Crippen LogP contribution in [0.25, 0.3) is 0 Å². The quantitative estimate of drug-likeness (QED) is 0.811. The average Bonchev–Trinajstić information content (AvgIpc) is 2.77. The van der Waals surface area contributed by atoms with E-state index >= 15 is 0 Å². The van der Waals surface area contributed by atoms with Gasteiger partial charge in [-0.05, 0) is 48.3 Å². The highest BCUT2D eigenvalue weighted by molar-refractivity contribution is 9.10. The summed E-state index contributed by atoms with van der Waals surface area (Å²) in [6, 6.07) is 2.29. The van der Waals surface area contributed by atoms with Crippen molar-refractivity contribution in [2.75, 3.05) is 5.32 Å². The van der Waals surface area contributed by atoms with Crippen molar-refractivity contribution < 1.29 is 0 Å². The van der Waals surface area contributed by atoms with Crippen LogP contribution in [0.5, 0.6) is 0 Å². The maximum Gasteiger partial charge on any atom is 0.283 e. The van der Waals surface area contributed by atoms with Gasteiger partial charge in [0.25, 0.3) is 5.56 Å². The molecular formula is C15H18BrN3OS. The van der Waals surface area contributed by atoms with Crippen molar-refractivity contribution in [3.05, 3.63) is 55.1 Å². The lowest BCUT2D eigenvalue weighted by Crippen LogP contribution is -2.24. The zero-order valence-electron chi connectivity index (χ0n) is 12.3. The van der Waals surface area contributed by atoms with E-state index < -0.39 is 0 Å². The van der Waals surface area contributed by atoms with Crippen LogP contribution in [-0.2, 0) is 6.54 Å². The number of halogens is 1. The normalized spacial score (nSPS) is 12.2. The summed E-state index contributed by atoms with van der Waals surface area (Å²) in [5.74, 6) is 0. The van der Waals surface area contributed by atoms with Crippen molar-refractivity contribution in [2.24, 2.45) is 0 Å². The standard InChI is InChI=1S/C15H18BrN3OS/c1-5-6-19-15(20)14(16)13(8-17-19)18-10(3)12-7-9(2)21-11(12)4/h5,7-8,10,18H,1,6H2,2-4H3. The van der Waals surface area contributed by atoms with Gasteiger partial charge in [0.05, 0.1) is 18.4 Å². The second-order valence-corrected chi connectivity index (χ2v) is 7.14. The van der Waals surface area contributed by atoms with Gasteiger partial charge in [-0.15, -0.1) is 17.9 Å². The van der Waals surface area contributed by atoms with Crippen LogP contribution in [0.3, 0.4) is 0 Å². The first kappa shape index (κ1) is 16.0. The predicted molar refractivity (Wildman–Crippen MR) is 92.2 cm³/mol. The molecule has 0 aliphatic rings.